The lowest BCUT2D eigenvalue weighted by Crippen LogP contribution is -2.44. The Bertz CT molecular complexity index is 956. The number of benzene rings is 2. The summed E-state index contributed by atoms with van der Waals surface area (Å²) in [7, 11) is 1.50. The van der Waals surface area contributed by atoms with Gasteiger partial charge in [0.05, 0.1) is 12.7 Å². The minimum atomic E-state index is -0.729. The second kappa shape index (κ2) is 11.6. The highest BCUT2D eigenvalue weighted by Gasteiger charge is 2.24. The molecule has 0 fully saturated rings. The van der Waals surface area contributed by atoms with E-state index >= 15 is 0 Å². The highest BCUT2D eigenvalue weighted by molar-refractivity contribution is 7.98. The van der Waals surface area contributed by atoms with E-state index in [1.165, 1.54) is 7.11 Å². The molecule has 0 aliphatic rings. The summed E-state index contributed by atoms with van der Waals surface area (Å²) in [5, 5.41) is 8.51. The van der Waals surface area contributed by atoms with Crippen LogP contribution in [-0.4, -0.2) is 42.9 Å². The Morgan fingerprint density at radius 2 is 1.66 bits per heavy atom. The Morgan fingerprint density at radius 1 is 1.00 bits per heavy atom. The average molecular weight is 458 g/mol. The summed E-state index contributed by atoms with van der Waals surface area (Å²) in [6, 6.07) is 13.1. The van der Waals surface area contributed by atoms with Crippen LogP contribution in [0.4, 0.5) is 11.4 Å². The van der Waals surface area contributed by atoms with Crippen LogP contribution >= 0.6 is 11.8 Å². The Labute approximate surface area is 193 Å². The van der Waals surface area contributed by atoms with Gasteiger partial charge in [0.25, 0.3) is 5.91 Å². The molecule has 1 unspecified atom stereocenters. The van der Waals surface area contributed by atoms with Gasteiger partial charge >= 0.3 is 0 Å². The van der Waals surface area contributed by atoms with Crippen molar-refractivity contribution in [2.75, 3.05) is 29.8 Å². The van der Waals surface area contributed by atoms with Gasteiger partial charge in [-0.1, -0.05) is 39.0 Å². The Balaban J connectivity index is 2.13. The van der Waals surface area contributed by atoms with Crippen LogP contribution in [0.3, 0.4) is 0 Å². The van der Waals surface area contributed by atoms with Crippen molar-refractivity contribution in [3.05, 3.63) is 54.1 Å². The van der Waals surface area contributed by atoms with Gasteiger partial charge in [-0.15, -0.1) is 0 Å². The molecule has 0 saturated carbocycles. The summed E-state index contributed by atoms with van der Waals surface area (Å²) in [6.45, 7) is 5.48. The third kappa shape index (κ3) is 7.30. The molecule has 0 aliphatic heterocycles. The number of methoxy groups -OCH3 is 1. The molecule has 2 aromatic carbocycles. The maximum absolute atomic E-state index is 13.0. The van der Waals surface area contributed by atoms with Crippen LogP contribution in [0, 0.1) is 5.41 Å². The van der Waals surface area contributed by atoms with E-state index in [0.29, 0.717) is 34.9 Å². The zero-order valence-corrected chi connectivity index (χ0v) is 20.0. The lowest BCUT2D eigenvalue weighted by Gasteiger charge is -2.20. The van der Waals surface area contributed by atoms with Crippen molar-refractivity contribution >= 4 is 40.9 Å². The van der Waals surface area contributed by atoms with Gasteiger partial charge in [0.2, 0.25) is 11.8 Å². The second-order valence-corrected chi connectivity index (χ2v) is 9.27. The number of hydrogen-bond donors (Lipinski definition) is 3. The van der Waals surface area contributed by atoms with Crippen LogP contribution in [0.2, 0.25) is 0 Å². The molecule has 8 heteroatoms. The van der Waals surface area contributed by atoms with Gasteiger partial charge < -0.3 is 20.7 Å². The van der Waals surface area contributed by atoms with E-state index < -0.39 is 11.5 Å². The first-order valence-corrected chi connectivity index (χ1v) is 11.7. The number of thioether (sulfide) groups is 1. The smallest absolute Gasteiger partial charge is 0.255 e. The third-order valence-corrected chi connectivity index (χ3v) is 5.30. The molecule has 0 aliphatic carbocycles. The highest BCUT2D eigenvalue weighted by atomic mass is 32.2. The fraction of sp³-hybridized carbons (Fsp3) is 0.375. The Kier molecular flexibility index (Phi) is 9.13. The number of rotatable bonds is 9. The highest BCUT2D eigenvalue weighted by Crippen LogP contribution is 2.21. The van der Waals surface area contributed by atoms with Crippen molar-refractivity contribution in [2.45, 2.75) is 33.2 Å². The molecular weight excluding hydrogens is 426 g/mol. The molecule has 172 valence electrons. The summed E-state index contributed by atoms with van der Waals surface area (Å²) in [5.41, 5.74) is 0.943. The number of para-hydroxylation sites is 1. The number of hydrogen-bond acceptors (Lipinski definition) is 5. The number of anilines is 2. The Morgan fingerprint density at radius 3 is 2.28 bits per heavy atom. The van der Waals surface area contributed by atoms with Crippen molar-refractivity contribution < 1.29 is 19.1 Å². The minimum Gasteiger partial charge on any atom is -0.496 e. The van der Waals surface area contributed by atoms with Gasteiger partial charge in [-0.3, -0.25) is 14.4 Å². The van der Waals surface area contributed by atoms with Crippen LogP contribution in [0.25, 0.3) is 0 Å². The summed E-state index contributed by atoms with van der Waals surface area (Å²) >= 11 is 1.59. The zero-order valence-electron chi connectivity index (χ0n) is 19.2. The first kappa shape index (κ1) is 25.3. The zero-order chi connectivity index (χ0) is 23.7. The number of carbonyl (C=O) groups is 3. The number of ether oxygens (including phenoxy) is 1. The van der Waals surface area contributed by atoms with Crippen molar-refractivity contribution in [2.24, 2.45) is 5.41 Å². The molecule has 0 radical (unpaired) electrons. The van der Waals surface area contributed by atoms with Crippen LogP contribution in [0.1, 0.15) is 37.6 Å². The molecule has 0 bridgehead atoms. The van der Waals surface area contributed by atoms with E-state index in [1.54, 1.807) is 60.3 Å². The molecule has 2 rings (SSSR count). The molecule has 3 N–H and O–H groups in total. The van der Waals surface area contributed by atoms with Crippen LogP contribution in [0.5, 0.6) is 5.75 Å². The number of carbonyl (C=O) groups excluding carboxylic acids is 3. The predicted molar refractivity (Wildman–Crippen MR) is 130 cm³/mol. The van der Waals surface area contributed by atoms with Gasteiger partial charge in [0.1, 0.15) is 11.8 Å². The summed E-state index contributed by atoms with van der Waals surface area (Å²) in [4.78, 5) is 38.0. The van der Waals surface area contributed by atoms with Crippen molar-refractivity contribution in [3.63, 3.8) is 0 Å². The maximum atomic E-state index is 13.0. The summed E-state index contributed by atoms with van der Waals surface area (Å²) in [6.07, 6.45) is 2.41. The van der Waals surface area contributed by atoms with Crippen LogP contribution in [0.15, 0.2) is 48.5 Å². The van der Waals surface area contributed by atoms with E-state index in [-0.39, 0.29) is 17.7 Å². The third-order valence-electron chi connectivity index (χ3n) is 4.65. The molecule has 32 heavy (non-hydrogen) atoms. The normalized spacial score (nSPS) is 11.9. The van der Waals surface area contributed by atoms with Crippen molar-refractivity contribution in [1.29, 1.82) is 0 Å². The molecule has 0 spiro atoms. The molecule has 2 aromatic rings. The standard InChI is InChI=1S/C24H31N3O4S/c1-24(2,3)23(30)26-17-10-8-9-16(15-17)25-22(29)19(13-14-32-5)27-21(28)18-11-6-7-12-20(18)31-4/h6-12,15,19H,13-14H2,1-5H3,(H,25,29)(H,26,30)(H,27,28). The SMILES string of the molecule is COc1ccccc1C(=O)NC(CCSC)C(=O)Nc1cccc(NC(=O)C(C)(C)C)c1. The average Bonchev–Trinajstić information content (AvgIpc) is 2.75. The lowest BCUT2D eigenvalue weighted by molar-refractivity contribution is -0.123. The van der Waals surface area contributed by atoms with E-state index in [0.717, 1.165) is 0 Å². The van der Waals surface area contributed by atoms with Crippen molar-refractivity contribution in [1.82, 2.24) is 5.32 Å². The largest absolute Gasteiger partial charge is 0.496 e. The fourth-order valence-electron chi connectivity index (χ4n) is 2.80. The first-order chi connectivity index (χ1) is 15.2. The van der Waals surface area contributed by atoms with Gasteiger partial charge in [0.15, 0.2) is 0 Å². The summed E-state index contributed by atoms with van der Waals surface area (Å²) < 4.78 is 5.25. The van der Waals surface area contributed by atoms with Gasteiger partial charge in [-0.05, 0) is 48.8 Å². The number of amides is 3. The van der Waals surface area contributed by atoms with Crippen LogP contribution < -0.4 is 20.7 Å². The van der Waals surface area contributed by atoms with Gasteiger partial charge in [-0.25, -0.2) is 0 Å². The van der Waals surface area contributed by atoms with Gasteiger partial charge in [-0.2, -0.15) is 11.8 Å². The predicted octanol–water partition coefficient (Wildman–Crippen LogP) is 4.17. The molecule has 7 nitrogen and oxygen atoms in total. The minimum absolute atomic E-state index is 0.122. The fourth-order valence-corrected chi connectivity index (χ4v) is 3.27. The van der Waals surface area contributed by atoms with Crippen molar-refractivity contribution in [3.8, 4) is 5.75 Å². The quantitative estimate of drug-likeness (QED) is 0.525. The molecule has 0 saturated heterocycles. The Hall–Kier alpha value is -3.00. The first-order valence-electron chi connectivity index (χ1n) is 10.3. The van der Waals surface area contributed by atoms with E-state index in [9.17, 15) is 14.4 Å². The molecular formula is C24H31N3O4S. The molecule has 0 heterocycles. The van der Waals surface area contributed by atoms with E-state index in [2.05, 4.69) is 16.0 Å². The van der Waals surface area contributed by atoms with Crippen LogP contribution in [-0.2, 0) is 9.59 Å². The van der Waals surface area contributed by atoms with Gasteiger partial charge in [0, 0.05) is 16.8 Å². The monoisotopic (exact) mass is 457 g/mol. The topological polar surface area (TPSA) is 96.5 Å². The van der Waals surface area contributed by atoms with E-state index in [4.69, 9.17) is 4.74 Å². The second-order valence-electron chi connectivity index (χ2n) is 8.28. The molecule has 1 atom stereocenters. The lowest BCUT2D eigenvalue weighted by atomic mass is 9.95. The molecule has 3 amide bonds. The van der Waals surface area contributed by atoms with E-state index in [1.807, 2.05) is 27.0 Å². The molecule has 0 aromatic heterocycles. The maximum Gasteiger partial charge on any atom is 0.255 e. The summed E-state index contributed by atoms with van der Waals surface area (Å²) in [5.74, 6) is 0.307. The number of nitrogens with one attached hydrogen (secondary N) is 3.